The number of piperazine rings is 2. The first-order valence-corrected chi connectivity index (χ1v) is 10.0. The van der Waals surface area contributed by atoms with Crippen LogP contribution in [0.15, 0.2) is 24.3 Å². The van der Waals surface area contributed by atoms with E-state index < -0.39 is 5.82 Å². The van der Waals surface area contributed by atoms with E-state index in [1.54, 1.807) is 6.07 Å². The Balaban J connectivity index is 1.44. The van der Waals surface area contributed by atoms with Crippen molar-refractivity contribution >= 4 is 17.5 Å². The standard InChI is InChI=1S/C21H26FN7/c1-16-13-20(25-21(24-16)29-7-5-26(2)6-8-29)28-11-9-27(10-12-28)18-4-3-17(15-23)19(22)14-18/h3-4,13-14H,5-12H2,1-2H3. The van der Waals surface area contributed by atoms with Gasteiger partial charge in [-0.15, -0.1) is 0 Å². The molecule has 0 aliphatic carbocycles. The first-order chi connectivity index (χ1) is 14.0. The van der Waals surface area contributed by atoms with E-state index in [9.17, 15) is 4.39 Å². The van der Waals surface area contributed by atoms with Crippen LogP contribution in [-0.2, 0) is 0 Å². The van der Waals surface area contributed by atoms with Crippen LogP contribution in [0.2, 0.25) is 0 Å². The normalized spacial score (nSPS) is 18.1. The smallest absolute Gasteiger partial charge is 0.227 e. The zero-order valence-electron chi connectivity index (χ0n) is 17.0. The number of halogens is 1. The first kappa shape index (κ1) is 19.4. The molecule has 2 fully saturated rings. The highest BCUT2D eigenvalue weighted by molar-refractivity contribution is 5.53. The number of rotatable bonds is 3. The molecule has 0 bridgehead atoms. The summed E-state index contributed by atoms with van der Waals surface area (Å²) in [5.41, 5.74) is 1.87. The SMILES string of the molecule is Cc1cc(N2CCN(c3ccc(C#N)c(F)c3)CC2)nc(N2CCN(C)CC2)n1. The minimum atomic E-state index is -0.462. The van der Waals surface area contributed by atoms with E-state index in [-0.39, 0.29) is 5.56 Å². The highest BCUT2D eigenvalue weighted by Gasteiger charge is 2.22. The van der Waals surface area contributed by atoms with Crippen LogP contribution in [0.3, 0.4) is 0 Å². The summed E-state index contributed by atoms with van der Waals surface area (Å²) in [5.74, 6) is 1.30. The number of benzene rings is 1. The van der Waals surface area contributed by atoms with Crippen molar-refractivity contribution < 1.29 is 4.39 Å². The fraction of sp³-hybridized carbons (Fsp3) is 0.476. The Morgan fingerprint density at radius 2 is 1.55 bits per heavy atom. The molecule has 3 heterocycles. The van der Waals surface area contributed by atoms with Gasteiger partial charge in [-0.3, -0.25) is 0 Å². The van der Waals surface area contributed by atoms with Crippen molar-refractivity contribution in [1.82, 2.24) is 14.9 Å². The van der Waals surface area contributed by atoms with E-state index in [4.69, 9.17) is 10.2 Å². The molecule has 0 spiro atoms. The molecule has 8 heteroatoms. The Hall–Kier alpha value is -2.92. The number of hydrogen-bond donors (Lipinski definition) is 0. The maximum atomic E-state index is 14.0. The number of anilines is 3. The molecule has 0 radical (unpaired) electrons. The average Bonchev–Trinajstić information content (AvgIpc) is 2.74. The molecule has 2 saturated heterocycles. The van der Waals surface area contributed by atoms with Gasteiger partial charge < -0.3 is 19.6 Å². The number of nitriles is 1. The number of likely N-dealkylation sites (N-methyl/N-ethyl adjacent to an activating group) is 1. The van der Waals surface area contributed by atoms with Crippen molar-refractivity contribution in [1.29, 1.82) is 5.26 Å². The summed E-state index contributed by atoms with van der Waals surface area (Å²) < 4.78 is 14.0. The minimum Gasteiger partial charge on any atom is -0.368 e. The van der Waals surface area contributed by atoms with Crippen LogP contribution in [-0.4, -0.2) is 74.3 Å². The summed E-state index contributed by atoms with van der Waals surface area (Å²) in [4.78, 5) is 18.5. The monoisotopic (exact) mass is 395 g/mol. The van der Waals surface area contributed by atoms with Gasteiger partial charge in [0.05, 0.1) is 5.56 Å². The average molecular weight is 395 g/mol. The Morgan fingerprint density at radius 3 is 2.21 bits per heavy atom. The first-order valence-electron chi connectivity index (χ1n) is 10.0. The highest BCUT2D eigenvalue weighted by atomic mass is 19.1. The lowest BCUT2D eigenvalue weighted by atomic mass is 10.2. The van der Waals surface area contributed by atoms with Crippen molar-refractivity contribution in [2.45, 2.75) is 6.92 Å². The lowest BCUT2D eigenvalue weighted by Gasteiger charge is -2.37. The van der Waals surface area contributed by atoms with Crippen LogP contribution in [0.4, 0.5) is 21.8 Å². The van der Waals surface area contributed by atoms with Gasteiger partial charge in [-0.25, -0.2) is 9.37 Å². The molecule has 7 nitrogen and oxygen atoms in total. The van der Waals surface area contributed by atoms with Crippen LogP contribution in [0.25, 0.3) is 0 Å². The molecular weight excluding hydrogens is 369 g/mol. The van der Waals surface area contributed by atoms with Crippen LogP contribution < -0.4 is 14.7 Å². The van der Waals surface area contributed by atoms with Crippen molar-refractivity contribution in [2.24, 2.45) is 0 Å². The molecule has 2 aromatic rings. The lowest BCUT2D eigenvalue weighted by Crippen LogP contribution is -2.47. The second-order valence-corrected chi connectivity index (χ2v) is 7.71. The van der Waals surface area contributed by atoms with Gasteiger partial charge in [0.15, 0.2) is 0 Å². The Kier molecular flexibility index (Phi) is 5.49. The van der Waals surface area contributed by atoms with Crippen LogP contribution in [0, 0.1) is 24.1 Å². The number of aromatic nitrogens is 2. The summed E-state index contributed by atoms with van der Waals surface area (Å²) in [7, 11) is 2.14. The number of aryl methyl sites for hydroxylation is 1. The van der Waals surface area contributed by atoms with Gasteiger partial charge in [-0.05, 0) is 32.2 Å². The Morgan fingerprint density at radius 1 is 0.897 bits per heavy atom. The number of nitrogens with zero attached hydrogens (tertiary/aromatic N) is 7. The molecule has 0 atom stereocenters. The molecule has 1 aromatic heterocycles. The van der Waals surface area contributed by atoms with Gasteiger partial charge in [-0.2, -0.15) is 10.2 Å². The second-order valence-electron chi connectivity index (χ2n) is 7.71. The van der Waals surface area contributed by atoms with Gasteiger partial charge in [0.2, 0.25) is 5.95 Å². The second kappa shape index (κ2) is 8.21. The fourth-order valence-corrected chi connectivity index (χ4v) is 3.83. The molecule has 2 aliphatic rings. The molecule has 2 aliphatic heterocycles. The topological polar surface area (TPSA) is 62.5 Å². The zero-order chi connectivity index (χ0) is 20.4. The van der Waals surface area contributed by atoms with Crippen LogP contribution in [0.1, 0.15) is 11.3 Å². The minimum absolute atomic E-state index is 0.0836. The van der Waals surface area contributed by atoms with E-state index in [0.717, 1.165) is 75.5 Å². The third-order valence-electron chi connectivity index (χ3n) is 5.66. The van der Waals surface area contributed by atoms with Crippen molar-refractivity contribution in [3.05, 3.63) is 41.3 Å². The van der Waals surface area contributed by atoms with Gasteiger partial charge in [0.1, 0.15) is 17.7 Å². The molecule has 0 saturated carbocycles. The van der Waals surface area contributed by atoms with Crippen LogP contribution >= 0.6 is 0 Å². The molecule has 29 heavy (non-hydrogen) atoms. The van der Waals surface area contributed by atoms with Crippen LogP contribution in [0.5, 0.6) is 0 Å². The summed E-state index contributed by atoms with van der Waals surface area (Å²) in [6.45, 7) is 9.10. The molecule has 0 N–H and O–H groups in total. The van der Waals surface area contributed by atoms with E-state index >= 15 is 0 Å². The van der Waals surface area contributed by atoms with Crippen molar-refractivity contribution in [2.75, 3.05) is 74.1 Å². The molecule has 0 amide bonds. The maximum Gasteiger partial charge on any atom is 0.227 e. The predicted molar refractivity (Wildman–Crippen MR) is 112 cm³/mol. The molecule has 1 aromatic carbocycles. The highest BCUT2D eigenvalue weighted by Crippen LogP contribution is 2.23. The molecular formula is C21H26FN7. The molecule has 4 rings (SSSR count). The maximum absolute atomic E-state index is 14.0. The molecule has 0 unspecified atom stereocenters. The van der Waals surface area contributed by atoms with E-state index in [1.165, 1.54) is 6.07 Å². The van der Waals surface area contributed by atoms with E-state index in [1.807, 2.05) is 25.1 Å². The predicted octanol–water partition coefficient (Wildman–Crippen LogP) is 1.87. The quantitative estimate of drug-likeness (QED) is 0.786. The molecule has 152 valence electrons. The summed E-state index contributed by atoms with van der Waals surface area (Å²) in [5, 5.41) is 8.90. The lowest BCUT2D eigenvalue weighted by molar-refractivity contribution is 0.311. The van der Waals surface area contributed by atoms with Crippen molar-refractivity contribution in [3.8, 4) is 6.07 Å². The number of hydrogen-bond acceptors (Lipinski definition) is 7. The van der Waals surface area contributed by atoms with Gasteiger partial charge >= 0.3 is 0 Å². The van der Waals surface area contributed by atoms with Gasteiger partial charge in [0.25, 0.3) is 0 Å². The third-order valence-corrected chi connectivity index (χ3v) is 5.66. The summed E-state index contributed by atoms with van der Waals surface area (Å²) in [6, 6.07) is 8.73. The summed E-state index contributed by atoms with van der Waals surface area (Å²) in [6.07, 6.45) is 0. The Bertz CT molecular complexity index is 910. The summed E-state index contributed by atoms with van der Waals surface area (Å²) >= 11 is 0. The largest absolute Gasteiger partial charge is 0.368 e. The van der Waals surface area contributed by atoms with E-state index in [2.05, 4.69) is 31.6 Å². The Labute approximate surface area is 171 Å². The zero-order valence-corrected chi connectivity index (χ0v) is 17.0. The van der Waals surface area contributed by atoms with E-state index in [0.29, 0.717) is 0 Å². The van der Waals surface area contributed by atoms with Gasteiger partial charge in [-0.1, -0.05) is 0 Å². The van der Waals surface area contributed by atoms with Gasteiger partial charge in [0, 0.05) is 69.8 Å². The van der Waals surface area contributed by atoms with Crippen molar-refractivity contribution in [3.63, 3.8) is 0 Å². The third kappa shape index (κ3) is 4.25. The fourth-order valence-electron chi connectivity index (χ4n) is 3.83.